The number of hydrogen-bond acceptors (Lipinski definition) is 6. The molecule has 0 aliphatic carbocycles. The predicted molar refractivity (Wildman–Crippen MR) is 125 cm³/mol. The number of benzene rings is 1. The Balaban J connectivity index is 1.76. The van der Waals surface area contributed by atoms with Crippen molar-refractivity contribution in [3.05, 3.63) is 66.6 Å². The molecule has 0 atom stereocenters. The highest BCUT2D eigenvalue weighted by Gasteiger charge is 2.21. The minimum absolute atomic E-state index is 0.0182. The van der Waals surface area contributed by atoms with Crippen LogP contribution in [0.15, 0.2) is 55.1 Å². The summed E-state index contributed by atoms with van der Waals surface area (Å²) in [6, 6.07) is 7.26. The van der Waals surface area contributed by atoms with Crippen molar-refractivity contribution < 1.29 is 18.7 Å². The number of fused-ring (bicyclic) bond motifs is 1. The fourth-order valence-electron chi connectivity index (χ4n) is 3.35. The first-order valence-electron chi connectivity index (χ1n) is 10.4. The second kappa shape index (κ2) is 9.53. The van der Waals surface area contributed by atoms with Gasteiger partial charge in [0.25, 0.3) is 5.91 Å². The largest absolute Gasteiger partial charge is 0.494 e. The summed E-state index contributed by atoms with van der Waals surface area (Å²) in [5.41, 5.74) is 2.09. The molecular formula is C23H22FN7O3. The van der Waals surface area contributed by atoms with E-state index in [0.717, 1.165) is 0 Å². The molecule has 34 heavy (non-hydrogen) atoms. The number of halogens is 1. The van der Waals surface area contributed by atoms with Gasteiger partial charge in [-0.3, -0.25) is 19.5 Å². The Kier molecular flexibility index (Phi) is 6.35. The van der Waals surface area contributed by atoms with Gasteiger partial charge in [-0.25, -0.2) is 19.2 Å². The Hall–Kier alpha value is -4.54. The summed E-state index contributed by atoms with van der Waals surface area (Å²) >= 11 is 0. The Morgan fingerprint density at radius 2 is 2.06 bits per heavy atom. The zero-order valence-corrected chi connectivity index (χ0v) is 18.7. The van der Waals surface area contributed by atoms with Crippen molar-refractivity contribution in [3.8, 4) is 17.0 Å². The molecule has 0 saturated heterocycles. The number of amides is 3. The molecule has 0 bridgehead atoms. The van der Waals surface area contributed by atoms with Gasteiger partial charge >= 0.3 is 6.03 Å². The van der Waals surface area contributed by atoms with Crippen LogP contribution in [0.5, 0.6) is 5.75 Å². The van der Waals surface area contributed by atoms with Gasteiger partial charge in [0, 0.05) is 49.5 Å². The van der Waals surface area contributed by atoms with E-state index >= 15 is 0 Å². The molecule has 0 radical (unpaired) electrons. The van der Waals surface area contributed by atoms with Gasteiger partial charge in [-0.15, -0.1) is 0 Å². The third-order valence-corrected chi connectivity index (χ3v) is 5.06. The minimum Gasteiger partial charge on any atom is -0.494 e. The first-order chi connectivity index (χ1) is 16.4. The van der Waals surface area contributed by atoms with E-state index in [1.165, 1.54) is 42.6 Å². The highest BCUT2D eigenvalue weighted by Crippen LogP contribution is 2.29. The maximum absolute atomic E-state index is 13.8. The Labute approximate surface area is 194 Å². The fraction of sp³-hybridized carbons (Fsp3) is 0.174. The van der Waals surface area contributed by atoms with Crippen molar-refractivity contribution in [2.24, 2.45) is 0 Å². The number of methoxy groups -OCH3 is 1. The Morgan fingerprint density at radius 3 is 2.76 bits per heavy atom. The average molecular weight is 463 g/mol. The number of pyridine rings is 1. The number of urea groups is 1. The van der Waals surface area contributed by atoms with Gasteiger partial charge < -0.3 is 15.0 Å². The number of carbonyl (C=O) groups is 2. The summed E-state index contributed by atoms with van der Waals surface area (Å²) in [6.07, 6.45) is 6.19. The number of nitrogens with zero attached hydrogens (tertiary/aromatic N) is 5. The minimum atomic E-state index is -0.533. The van der Waals surface area contributed by atoms with Crippen molar-refractivity contribution in [2.75, 3.05) is 30.9 Å². The summed E-state index contributed by atoms with van der Waals surface area (Å²) in [7, 11) is 2.89. The Bertz CT molecular complexity index is 1360. The molecule has 0 spiro atoms. The molecule has 3 aromatic heterocycles. The number of anilines is 2. The van der Waals surface area contributed by atoms with Crippen LogP contribution in [0, 0.1) is 5.82 Å². The normalized spacial score (nSPS) is 10.7. The monoisotopic (exact) mass is 463 g/mol. The standard InChI is InChI=1S/C23H22FN7O3/c1-4-26-23(33)29-21-20(14-6-5-9-25-11-14)28-19-12-27-17(13-31(19)21)22(32)30(2)15-7-8-16(24)18(10-15)34-3/h5-13H,4H2,1-3H3,(H2,26,29,33). The van der Waals surface area contributed by atoms with E-state index in [0.29, 0.717) is 35.0 Å². The summed E-state index contributed by atoms with van der Waals surface area (Å²) in [5, 5.41) is 5.47. The number of aromatic nitrogens is 4. The molecule has 4 rings (SSSR count). The van der Waals surface area contributed by atoms with Crippen molar-refractivity contribution in [1.82, 2.24) is 24.7 Å². The third-order valence-electron chi connectivity index (χ3n) is 5.06. The summed E-state index contributed by atoms with van der Waals surface area (Å²) in [6.45, 7) is 2.24. The van der Waals surface area contributed by atoms with E-state index in [9.17, 15) is 14.0 Å². The molecule has 0 unspecified atom stereocenters. The van der Waals surface area contributed by atoms with Crippen LogP contribution in [0.1, 0.15) is 17.4 Å². The van der Waals surface area contributed by atoms with Crippen LogP contribution in [0.2, 0.25) is 0 Å². The first kappa shape index (κ1) is 22.6. The molecule has 0 aliphatic heterocycles. The van der Waals surface area contributed by atoms with Crippen LogP contribution < -0.4 is 20.3 Å². The van der Waals surface area contributed by atoms with Gasteiger partial charge in [-0.2, -0.15) is 0 Å². The van der Waals surface area contributed by atoms with Crippen LogP contribution >= 0.6 is 0 Å². The van der Waals surface area contributed by atoms with Crippen molar-refractivity contribution >= 4 is 29.1 Å². The second-order valence-corrected chi connectivity index (χ2v) is 7.22. The summed E-state index contributed by atoms with van der Waals surface area (Å²) in [4.78, 5) is 39.8. The van der Waals surface area contributed by atoms with Gasteiger partial charge in [0.15, 0.2) is 17.2 Å². The van der Waals surface area contributed by atoms with E-state index in [2.05, 4.69) is 25.6 Å². The molecular weight excluding hydrogens is 441 g/mol. The molecule has 10 nitrogen and oxygen atoms in total. The van der Waals surface area contributed by atoms with Gasteiger partial charge in [0.05, 0.1) is 13.3 Å². The van der Waals surface area contributed by atoms with E-state index in [1.807, 2.05) is 6.07 Å². The van der Waals surface area contributed by atoms with Gasteiger partial charge in [-0.1, -0.05) is 0 Å². The smallest absolute Gasteiger partial charge is 0.320 e. The number of nitrogens with one attached hydrogen (secondary N) is 2. The quantitative estimate of drug-likeness (QED) is 0.453. The number of hydrogen-bond donors (Lipinski definition) is 2. The zero-order valence-electron chi connectivity index (χ0n) is 18.7. The number of imidazole rings is 1. The predicted octanol–water partition coefficient (Wildman–Crippen LogP) is 3.36. The van der Waals surface area contributed by atoms with Crippen LogP contribution in [-0.4, -0.2) is 52.0 Å². The topological polar surface area (TPSA) is 114 Å². The number of carbonyl (C=O) groups excluding carboxylic acids is 2. The van der Waals surface area contributed by atoms with E-state index in [1.54, 1.807) is 36.8 Å². The van der Waals surface area contributed by atoms with E-state index in [4.69, 9.17) is 4.74 Å². The molecule has 11 heteroatoms. The summed E-state index contributed by atoms with van der Waals surface area (Å²) < 4.78 is 20.4. The molecule has 174 valence electrons. The van der Waals surface area contributed by atoms with Crippen LogP contribution in [0.25, 0.3) is 16.9 Å². The molecule has 0 aliphatic rings. The molecule has 0 saturated carbocycles. The van der Waals surface area contributed by atoms with Gasteiger partial charge in [0.2, 0.25) is 0 Å². The van der Waals surface area contributed by atoms with E-state index < -0.39 is 17.8 Å². The van der Waals surface area contributed by atoms with Gasteiger partial charge in [0.1, 0.15) is 17.2 Å². The number of rotatable bonds is 6. The summed E-state index contributed by atoms with van der Waals surface area (Å²) in [5.74, 6) is -0.605. The van der Waals surface area contributed by atoms with Crippen LogP contribution in [-0.2, 0) is 0 Å². The lowest BCUT2D eigenvalue weighted by atomic mass is 10.2. The van der Waals surface area contributed by atoms with E-state index in [-0.39, 0.29) is 11.4 Å². The molecule has 3 amide bonds. The van der Waals surface area contributed by atoms with Crippen LogP contribution in [0.4, 0.5) is 20.7 Å². The third kappa shape index (κ3) is 4.35. The molecule has 3 heterocycles. The highest BCUT2D eigenvalue weighted by atomic mass is 19.1. The lowest BCUT2D eigenvalue weighted by molar-refractivity contribution is 0.0987. The maximum atomic E-state index is 13.8. The Morgan fingerprint density at radius 1 is 1.24 bits per heavy atom. The fourth-order valence-corrected chi connectivity index (χ4v) is 3.35. The second-order valence-electron chi connectivity index (χ2n) is 7.22. The molecule has 1 aromatic carbocycles. The average Bonchev–Trinajstić information content (AvgIpc) is 3.21. The SMILES string of the molecule is CCNC(=O)Nc1c(-c2cccnc2)nc2cnc(C(=O)N(C)c3ccc(F)c(OC)c3)cn12. The molecule has 0 fully saturated rings. The molecule has 4 aromatic rings. The van der Waals surface area contributed by atoms with Gasteiger partial charge in [-0.05, 0) is 31.2 Å². The molecule has 2 N–H and O–H groups in total. The van der Waals surface area contributed by atoms with Crippen molar-refractivity contribution in [3.63, 3.8) is 0 Å². The first-order valence-corrected chi connectivity index (χ1v) is 10.4. The van der Waals surface area contributed by atoms with Crippen molar-refractivity contribution in [1.29, 1.82) is 0 Å². The highest BCUT2D eigenvalue weighted by molar-refractivity contribution is 6.04. The maximum Gasteiger partial charge on any atom is 0.320 e. The van der Waals surface area contributed by atoms with Crippen molar-refractivity contribution in [2.45, 2.75) is 6.92 Å². The lowest BCUT2D eigenvalue weighted by Gasteiger charge is -2.18. The lowest BCUT2D eigenvalue weighted by Crippen LogP contribution is -2.29. The zero-order chi connectivity index (χ0) is 24.2. The van der Waals surface area contributed by atoms with Crippen LogP contribution in [0.3, 0.4) is 0 Å². The number of ether oxygens (including phenoxy) is 1.